The summed E-state index contributed by atoms with van der Waals surface area (Å²) in [4.78, 5) is 15.8. The highest BCUT2D eigenvalue weighted by Crippen LogP contribution is 2.40. The van der Waals surface area contributed by atoms with Gasteiger partial charge in [0.05, 0.1) is 27.8 Å². The fourth-order valence-corrected chi connectivity index (χ4v) is 9.17. The van der Waals surface area contributed by atoms with E-state index in [1.807, 2.05) is 18.2 Å². The minimum atomic E-state index is 0.565. The monoisotopic (exact) mass is 791 g/mol. The summed E-state index contributed by atoms with van der Waals surface area (Å²) in [5, 5.41) is 4.76. The summed E-state index contributed by atoms with van der Waals surface area (Å²) in [6.45, 7) is 0. The summed E-state index contributed by atoms with van der Waals surface area (Å²) in [6, 6.07) is 79.3. The van der Waals surface area contributed by atoms with Crippen LogP contribution in [0, 0.1) is 0 Å². The highest BCUT2D eigenvalue weighted by atomic mass is 15.2. The molecule has 0 aliphatic carbocycles. The van der Waals surface area contributed by atoms with Crippen LogP contribution in [0.4, 0.5) is 0 Å². The lowest BCUT2D eigenvalue weighted by atomic mass is 9.96. The second-order valence-electron chi connectivity index (χ2n) is 15.6. The summed E-state index contributed by atoms with van der Waals surface area (Å²) in [7, 11) is 0. The van der Waals surface area contributed by atoms with Gasteiger partial charge < -0.3 is 4.57 Å². The van der Waals surface area contributed by atoms with Crippen molar-refractivity contribution in [1.29, 1.82) is 0 Å². The van der Waals surface area contributed by atoms with Gasteiger partial charge in [0, 0.05) is 43.8 Å². The van der Waals surface area contributed by atoms with Crippen LogP contribution >= 0.6 is 0 Å². The zero-order valence-corrected chi connectivity index (χ0v) is 33.6. The smallest absolute Gasteiger partial charge is 0.238 e. The first-order valence-corrected chi connectivity index (χ1v) is 21.0. The van der Waals surface area contributed by atoms with E-state index in [1.54, 1.807) is 0 Å². The molecule has 0 fully saturated rings. The van der Waals surface area contributed by atoms with E-state index in [0.29, 0.717) is 17.6 Å². The van der Waals surface area contributed by atoms with E-state index in [1.165, 1.54) is 21.8 Å². The lowest BCUT2D eigenvalue weighted by Gasteiger charge is -2.16. The second kappa shape index (κ2) is 14.7. The van der Waals surface area contributed by atoms with Gasteiger partial charge in [0.25, 0.3) is 0 Å². The highest BCUT2D eigenvalue weighted by molar-refractivity contribution is 6.14. The minimum Gasteiger partial charge on any atom is -0.309 e. The molecule has 12 rings (SSSR count). The van der Waals surface area contributed by atoms with Crippen molar-refractivity contribution in [2.24, 2.45) is 0 Å². The third-order valence-corrected chi connectivity index (χ3v) is 12.0. The normalized spacial score (nSPS) is 11.5. The summed E-state index contributed by atoms with van der Waals surface area (Å²) in [5.41, 5.74) is 14.1. The summed E-state index contributed by atoms with van der Waals surface area (Å²) in [6.07, 6.45) is 0. The molecule has 290 valence electrons. The van der Waals surface area contributed by atoms with Crippen LogP contribution in [0.5, 0.6) is 0 Å². The number of para-hydroxylation sites is 4. The Morgan fingerprint density at radius 1 is 0.274 bits per heavy atom. The van der Waals surface area contributed by atoms with Gasteiger partial charge in [-0.1, -0.05) is 188 Å². The first-order valence-electron chi connectivity index (χ1n) is 21.0. The number of nitrogens with zero attached hydrogens (tertiary/aromatic N) is 5. The third kappa shape index (κ3) is 5.90. The van der Waals surface area contributed by atoms with E-state index >= 15 is 0 Å². The standard InChI is InChI=1S/C57H37N5/c1-4-18-38(19-5-1)44-29-17-30-48-47-28-12-15-33-52(47)62(54(44)48)57-59-55(40-22-8-3-9-23-40)58-56(60-57)43-25-16-24-41(36-43)42-34-35-53(49(37-42)39-20-6-2-7-21-39)61-50-31-13-10-26-45(50)46-27-11-14-32-51(46)61/h1-37H. The first kappa shape index (κ1) is 35.5. The number of benzene rings is 9. The van der Waals surface area contributed by atoms with Crippen LogP contribution in [-0.4, -0.2) is 24.1 Å². The first-order chi connectivity index (χ1) is 30.8. The molecule has 0 aliphatic rings. The lowest BCUT2D eigenvalue weighted by Crippen LogP contribution is -2.07. The Balaban J connectivity index is 1.05. The van der Waals surface area contributed by atoms with Crippen LogP contribution in [0.3, 0.4) is 0 Å². The van der Waals surface area contributed by atoms with Crippen LogP contribution in [0.2, 0.25) is 0 Å². The Bertz CT molecular complexity index is 3570. The van der Waals surface area contributed by atoms with Crippen LogP contribution in [-0.2, 0) is 0 Å². The van der Waals surface area contributed by atoms with Gasteiger partial charge in [0.2, 0.25) is 5.95 Å². The van der Waals surface area contributed by atoms with E-state index in [9.17, 15) is 0 Å². The van der Waals surface area contributed by atoms with E-state index in [4.69, 9.17) is 15.0 Å². The Labute approximate surface area is 358 Å². The second-order valence-corrected chi connectivity index (χ2v) is 15.6. The van der Waals surface area contributed by atoms with Gasteiger partial charge in [-0.05, 0) is 58.7 Å². The molecular weight excluding hydrogens is 755 g/mol. The molecule has 3 heterocycles. The topological polar surface area (TPSA) is 48.5 Å². The Hall–Kier alpha value is -8.41. The van der Waals surface area contributed by atoms with E-state index in [2.05, 4.69) is 215 Å². The number of aromatic nitrogens is 5. The van der Waals surface area contributed by atoms with Crippen LogP contribution in [0.15, 0.2) is 224 Å². The van der Waals surface area contributed by atoms with E-state index in [0.717, 1.165) is 72.0 Å². The fraction of sp³-hybridized carbons (Fsp3) is 0. The highest BCUT2D eigenvalue weighted by Gasteiger charge is 2.21. The Kier molecular flexibility index (Phi) is 8.42. The molecule has 0 spiro atoms. The summed E-state index contributed by atoms with van der Waals surface area (Å²) >= 11 is 0. The number of fused-ring (bicyclic) bond motifs is 6. The van der Waals surface area contributed by atoms with Gasteiger partial charge >= 0.3 is 0 Å². The number of rotatable bonds is 7. The van der Waals surface area contributed by atoms with Crippen molar-refractivity contribution in [2.45, 2.75) is 0 Å². The molecular formula is C57H37N5. The average Bonchev–Trinajstić information content (AvgIpc) is 3.88. The molecule has 0 N–H and O–H groups in total. The van der Waals surface area contributed by atoms with Crippen LogP contribution in [0.1, 0.15) is 0 Å². The minimum absolute atomic E-state index is 0.565. The largest absolute Gasteiger partial charge is 0.309 e. The van der Waals surface area contributed by atoms with Crippen molar-refractivity contribution in [3.63, 3.8) is 0 Å². The van der Waals surface area contributed by atoms with Gasteiger partial charge in [-0.25, -0.2) is 4.98 Å². The van der Waals surface area contributed by atoms with Crippen LogP contribution in [0.25, 0.3) is 111 Å². The van der Waals surface area contributed by atoms with Gasteiger partial charge in [0.1, 0.15) is 0 Å². The van der Waals surface area contributed by atoms with Crippen LogP contribution < -0.4 is 0 Å². The average molecular weight is 792 g/mol. The van der Waals surface area contributed by atoms with E-state index in [-0.39, 0.29) is 0 Å². The Morgan fingerprint density at radius 3 is 1.37 bits per heavy atom. The summed E-state index contributed by atoms with van der Waals surface area (Å²) < 4.78 is 4.62. The maximum atomic E-state index is 5.35. The molecule has 5 nitrogen and oxygen atoms in total. The molecule has 0 radical (unpaired) electrons. The van der Waals surface area contributed by atoms with Crippen molar-refractivity contribution in [1.82, 2.24) is 24.1 Å². The molecule has 0 aliphatic heterocycles. The molecule has 0 unspecified atom stereocenters. The van der Waals surface area contributed by atoms with Gasteiger partial charge in [-0.15, -0.1) is 0 Å². The SMILES string of the molecule is c1ccc(-c2nc(-c3cccc(-c4ccc(-n5c6ccccc6c6ccccc65)c(-c5ccccc5)c4)c3)nc(-n3c4ccccc4c4cccc(-c5ccccc5)c43)n2)cc1. The predicted molar refractivity (Wildman–Crippen MR) is 256 cm³/mol. The number of hydrogen-bond donors (Lipinski definition) is 0. The summed E-state index contributed by atoms with van der Waals surface area (Å²) in [5.74, 6) is 1.78. The maximum Gasteiger partial charge on any atom is 0.238 e. The van der Waals surface area contributed by atoms with Crippen molar-refractivity contribution in [3.05, 3.63) is 224 Å². The third-order valence-electron chi connectivity index (χ3n) is 12.0. The molecule has 9 aromatic carbocycles. The molecule has 0 saturated carbocycles. The van der Waals surface area contributed by atoms with Crippen molar-refractivity contribution in [2.75, 3.05) is 0 Å². The zero-order chi connectivity index (χ0) is 41.0. The quantitative estimate of drug-likeness (QED) is 0.162. The van der Waals surface area contributed by atoms with Gasteiger partial charge in [-0.3, -0.25) is 4.57 Å². The predicted octanol–water partition coefficient (Wildman–Crippen LogP) is 14.4. The molecule has 3 aromatic heterocycles. The van der Waals surface area contributed by atoms with Crippen molar-refractivity contribution < 1.29 is 0 Å². The maximum absolute atomic E-state index is 5.35. The molecule has 0 saturated heterocycles. The fourth-order valence-electron chi connectivity index (χ4n) is 9.17. The van der Waals surface area contributed by atoms with Gasteiger partial charge in [0.15, 0.2) is 11.6 Å². The van der Waals surface area contributed by atoms with Crippen molar-refractivity contribution >= 4 is 43.6 Å². The molecule has 0 atom stereocenters. The molecule has 0 bridgehead atoms. The van der Waals surface area contributed by atoms with Crippen molar-refractivity contribution in [3.8, 4) is 67.8 Å². The Morgan fingerprint density at radius 2 is 0.726 bits per heavy atom. The lowest BCUT2D eigenvalue weighted by molar-refractivity contribution is 0.954. The van der Waals surface area contributed by atoms with Gasteiger partial charge in [-0.2, -0.15) is 9.97 Å². The van der Waals surface area contributed by atoms with E-state index < -0.39 is 0 Å². The zero-order valence-electron chi connectivity index (χ0n) is 33.6. The number of hydrogen-bond acceptors (Lipinski definition) is 3. The molecule has 5 heteroatoms. The molecule has 0 amide bonds. The molecule has 62 heavy (non-hydrogen) atoms. The molecule has 12 aromatic rings.